The summed E-state index contributed by atoms with van der Waals surface area (Å²) in [4.78, 5) is 0. The lowest BCUT2D eigenvalue weighted by Crippen LogP contribution is -2.33. The first kappa shape index (κ1) is 9.75. The molecule has 0 spiro atoms. The van der Waals surface area contributed by atoms with Gasteiger partial charge in [-0.05, 0) is 32.3 Å². The predicted octanol–water partition coefficient (Wildman–Crippen LogP) is 1.74. The maximum atomic E-state index is 9.33. The van der Waals surface area contributed by atoms with E-state index in [0.29, 0.717) is 12.5 Å². The highest BCUT2D eigenvalue weighted by Gasteiger charge is 2.30. The molecule has 0 aromatic carbocycles. The summed E-state index contributed by atoms with van der Waals surface area (Å²) in [5, 5.41) is 9.33. The molecule has 1 saturated carbocycles. The summed E-state index contributed by atoms with van der Waals surface area (Å²) in [6, 6.07) is 0. The zero-order valence-corrected chi connectivity index (χ0v) is 7.92. The van der Waals surface area contributed by atoms with Crippen LogP contribution >= 0.6 is 0 Å². The van der Waals surface area contributed by atoms with E-state index in [1.807, 2.05) is 13.8 Å². The molecule has 0 saturated heterocycles. The molecule has 1 rings (SSSR count). The zero-order chi connectivity index (χ0) is 9.14. The lowest BCUT2D eigenvalue weighted by atomic mass is 9.77. The van der Waals surface area contributed by atoms with E-state index < -0.39 is 0 Å². The first-order chi connectivity index (χ1) is 5.61. The van der Waals surface area contributed by atoms with Crippen molar-refractivity contribution < 1.29 is 9.84 Å². The van der Waals surface area contributed by atoms with Crippen LogP contribution in [0, 0.1) is 5.92 Å². The van der Waals surface area contributed by atoms with E-state index in [-0.39, 0.29) is 12.2 Å². The van der Waals surface area contributed by atoms with Crippen molar-refractivity contribution in [2.45, 2.75) is 38.9 Å². The van der Waals surface area contributed by atoms with Crippen molar-refractivity contribution in [3.63, 3.8) is 0 Å². The van der Waals surface area contributed by atoms with E-state index in [4.69, 9.17) is 4.74 Å². The van der Waals surface area contributed by atoms with Gasteiger partial charge in [0, 0.05) is 5.92 Å². The molecule has 0 aromatic heterocycles. The third-order valence-corrected chi connectivity index (χ3v) is 2.36. The first-order valence-electron chi connectivity index (χ1n) is 4.58. The second-order valence-electron chi connectivity index (χ2n) is 3.77. The minimum Gasteiger partial charge on any atom is -0.393 e. The van der Waals surface area contributed by atoms with Gasteiger partial charge in [0.1, 0.15) is 0 Å². The lowest BCUT2D eigenvalue weighted by Gasteiger charge is -2.34. The molecule has 2 atom stereocenters. The van der Waals surface area contributed by atoms with Gasteiger partial charge >= 0.3 is 0 Å². The van der Waals surface area contributed by atoms with Crippen molar-refractivity contribution in [2.75, 3.05) is 6.61 Å². The lowest BCUT2D eigenvalue weighted by molar-refractivity contribution is 0.0256. The van der Waals surface area contributed by atoms with Gasteiger partial charge in [0.05, 0.1) is 18.8 Å². The summed E-state index contributed by atoms with van der Waals surface area (Å²) in [5.41, 5.74) is 1.04. The van der Waals surface area contributed by atoms with Crippen molar-refractivity contribution >= 4 is 0 Å². The highest BCUT2D eigenvalue weighted by molar-refractivity contribution is 5.08. The molecular formula is C10H18O2. The molecule has 1 N–H and O–H groups in total. The van der Waals surface area contributed by atoms with Crippen LogP contribution in [0.3, 0.4) is 0 Å². The summed E-state index contributed by atoms with van der Waals surface area (Å²) in [7, 11) is 0. The van der Waals surface area contributed by atoms with Crippen molar-refractivity contribution in [2.24, 2.45) is 5.92 Å². The fraction of sp³-hybridized carbons (Fsp3) is 0.800. The fourth-order valence-electron chi connectivity index (χ4n) is 1.34. The molecule has 70 valence electrons. The molecule has 1 aliphatic rings. The van der Waals surface area contributed by atoms with Gasteiger partial charge in [-0.2, -0.15) is 0 Å². The molecule has 2 unspecified atom stereocenters. The molecule has 12 heavy (non-hydrogen) atoms. The number of hydrogen-bond donors (Lipinski definition) is 1. The van der Waals surface area contributed by atoms with Gasteiger partial charge in [0.15, 0.2) is 0 Å². The van der Waals surface area contributed by atoms with Gasteiger partial charge in [0.2, 0.25) is 0 Å². The first-order valence-corrected chi connectivity index (χ1v) is 4.58. The topological polar surface area (TPSA) is 29.5 Å². The second kappa shape index (κ2) is 4.06. The average molecular weight is 170 g/mol. The summed E-state index contributed by atoms with van der Waals surface area (Å²) in [6.07, 6.45) is 2.08. The number of ether oxygens (including phenoxy) is 1. The highest BCUT2D eigenvalue weighted by atomic mass is 16.5. The monoisotopic (exact) mass is 170 g/mol. The van der Waals surface area contributed by atoms with Crippen LogP contribution in [0.25, 0.3) is 0 Å². The molecule has 0 heterocycles. The summed E-state index contributed by atoms with van der Waals surface area (Å²) >= 11 is 0. The maximum Gasteiger partial charge on any atom is 0.0681 e. The Morgan fingerprint density at radius 2 is 2.25 bits per heavy atom. The highest BCUT2D eigenvalue weighted by Crippen LogP contribution is 2.32. The molecule has 0 amide bonds. The number of hydrogen-bond acceptors (Lipinski definition) is 2. The van der Waals surface area contributed by atoms with Crippen LogP contribution in [0.15, 0.2) is 12.2 Å². The Hall–Kier alpha value is -0.340. The van der Waals surface area contributed by atoms with Gasteiger partial charge in [-0.1, -0.05) is 6.58 Å². The van der Waals surface area contributed by atoms with E-state index in [2.05, 4.69) is 6.58 Å². The molecule has 1 aliphatic carbocycles. The van der Waals surface area contributed by atoms with Crippen LogP contribution in [-0.4, -0.2) is 23.9 Å². The summed E-state index contributed by atoms with van der Waals surface area (Å²) in [6.45, 7) is 8.52. The number of aliphatic hydroxyl groups is 1. The Morgan fingerprint density at radius 3 is 2.58 bits per heavy atom. The SMILES string of the molecule is C=C(COC(C)C)C1CCC1O. The predicted molar refractivity (Wildman–Crippen MR) is 49.0 cm³/mol. The standard InChI is InChI=1S/C10H18O2/c1-7(2)12-6-8(3)9-4-5-10(9)11/h7,9-11H,3-6H2,1-2H3. The molecule has 0 aromatic rings. The van der Waals surface area contributed by atoms with E-state index >= 15 is 0 Å². The largest absolute Gasteiger partial charge is 0.393 e. The zero-order valence-electron chi connectivity index (χ0n) is 7.92. The van der Waals surface area contributed by atoms with E-state index in [1.54, 1.807) is 0 Å². The second-order valence-corrected chi connectivity index (χ2v) is 3.77. The van der Waals surface area contributed by atoms with Crippen LogP contribution in [0.1, 0.15) is 26.7 Å². The maximum absolute atomic E-state index is 9.33. The minimum absolute atomic E-state index is 0.159. The van der Waals surface area contributed by atoms with E-state index in [0.717, 1.165) is 18.4 Å². The molecule has 0 bridgehead atoms. The smallest absolute Gasteiger partial charge is 0.0681 e. The fourth-order valence-corrected chi connectivity index (χ4v) is 1.34. The van der Waals surface area contributed by atoms with Crippen LogP contribution in [0.2, 0.25) is 0 Å². The Labute approximate surface area is 74.2 Å². The summed E-state index contributed by atoms with van der Waals surface area (Å²) in [5.74, 6) is 0.295. The molecule has 0 radical (unpaired) electrons. The molecular weight excluding hydrogens is 152 g/mol. The summed E-state index contributed by atoms with van der Waals surface area (Å²) < 4.78 is 5.40. The van der Waals surface area contributed by atoms with Crippen LogP contribution in [0.5, 0.6) is 0 Å². The third kappa shape index (κ3) is 2.32. The normalized spacial score (nSPS) is 28.7. The molecule has 2 heteroatoms. The number of aliphatic hydroxyl groups excluding tert-OH is 1. The Bertz CT molecular complexity index is 163. The van der Waals surface area contributed by atoms with Crippen molar-refractivity contribution in [3.8, 4) is 0 Å². The quantitative estimate of drug-likeness (QED) is 0.651. The molecule has 1 fully saturated rings. The van der Waals surface area contributed by atoms with Gasteiger partial charge < -0.3 is 9.84 Å². The molecule has 2 nitrogen and oxygen atoms in total. The van der Waals surface area contributed by atoms with Crippen molar-refractivity contribution in [1.29, 1.82) is 0 Å². The van der Waals surface area contributed by atoms with Crippen LogP contribution < -0.4 is 0 Å². The number of rotatable bonds is 4. The van der Waals surface area contributed by atoms with Gasteiger partial charge in [-0.15, -0.1) is 0 Å². The van der Waals surface area contributed by atoms with Crippen molar-refractivity contribution in [1.82, 2.24) is 0 Å². The Balaban J connectivity index is 2.20. The van der Waals surface area contributed by atoms with E-state index in [9.17, 15) is 5.11 Å². The van der Waals surface area contributed by atoms with Gasteiger partial charge in [-0.3, -0.25) is 0 Å². The van der Waals surface area contributed by atoms with Gasteiger partial charge in [-0.25, -0.2) is 0 Å². The molecule has 0 aliphatic heterocycles. The average Bonchev–Trinajstić information content (AvgIpc) is 1.98. The Kier molecular flexibility index (Phi) is 3.29. The van der Waals surface area contributed by atoms with Gasteiger partial charge in [0.25, 0.3) is 0 Å². The van der Waals surface area contributed by atoms with Crippen LogP contribution in [0.4, 0.5) is 0 Å². The van der Waals surface area contributed by atoms with Crippen LogP contribution in [-0.2, 0) is 4.74 Å². The third-order valence-electron chi connectivity index (χ3n) is 2.36. The van der Waals surface area contributed by atoms with E-state index in [1.165, 1.54) is 0 Å². The minimum atomic E-state index is -0.159. The van der Waals surface area contributed by atoms with Crippen molar-refractivity contribution in [3.05, 3.63) is 12.2 Å². The Morgan fingerprint density at radius 1 is 1.58 bits per heavy atom.